The third kappa shape index (κ3) is 5.29. The highest BCUT2D eigenvalue weighted by atomic mass is 32.2. The number of hydrogen-bond acceptors (Lipinski definition) is 5. The average molecular weight is 396 g/mol. The van der Waals surface area contributed by atoms with Gasteiger partial charge in [0.1, 0.15) is 17.2 Å². The highest BCUT2D eigenvalue weighted by Crippen LogP contribution is 2.37. The Bertz CT molecular complexity index is 788. The van der Waals surface area contributed by atoms with Crippen LogP contribution in [0.5, 0.6) is 17.2 Å². The molecule has 0 aromatic heterocycles. The van der Waals surface area contributed by atoms with Crippen molar-refractivity contribution in [1.29, 1.82) is 0 Å². The van der Waals surface area contributed by atoms with E-state index in [4.69, 9.17) is 24.0 Å². The van der Waals surface area contributed by atoms with Crippen LogP contribution in [0.2, 0.25) is 0 Å². The van der Waals surface area contributed by atoms with Gasteiger partial charge >= 0.3 is 7.60 Å². The zero-order chi connectivity index (χ0) is 19.2. The van der Waals surface area contributed by atoms with Gasteiger partial charge in [0.2, 0.25) is 0 Å². The molecule has 0 aliphatic rings. The fourth-order valence-corrected chi connectivity index (χ4v) is 3.60. The van der Waals surface area contributed by atoms with Crippen LogP contribution in [0, 0.1) is 0 Å². The third-order valence-corrected chi connectivity index (χ3v) is 5.39. The van der Waals surface area contributed by atoms with Crippen molar-refractivity contribution in [2.75, 3.05) is 21.3 Å². The first-order chi connectivity index (χ1) is 12.4. The summed E-state index contributed by atoms with van der Waals surface area (Å²) < 4.78 is 27.2. The molecule has 0 amide bonds. The average Bonchev–Trinajstić information content (AvgIpc) is 2.64. The Morgan fingerprint density at radius 3 is 2.04 bits per heavy atom. The second-order valence-corrected chi connectivity index (χ2v) is 7.76. The number of benzene rings is 2. The summed E-state index contributed by atoms with van der Waals surface area (Å²) in [6, 6.07) is 9.81. The summed E-state index contributed by atoms with van der Waals surface area (Å²) in [5.41, 5.74) is 1.77. The molecule has 2 aromatic carbocycles. The van der Waals surface area contributed by atoms with Gasteiger partial charge in [-0.05, 0) is 29.2 Å². The molecule has 0 radical (unpaired) electrons. The number of rotatable bonds is 8. The lowest BCUT2D eigenvalue weighted by molar-refractivity contribution is 0.371. The monoisotopic (exact) mass is 396 g/mol. The maximum absolute atomic E-state index is 11.2. The molecular weight excluding hydrogens is 375 g/mol. The van der Waals surface area contributed by atoms with Crippen LogP contribution in [-0.4, -0.2) is 31.1 Å². The van der Waals surface area contributed by atoms with Gasteiger partial charge < -0.3 is 24.0 Å². The van der Waals surface area contributed by atoms with Gasteiger partial charge in [-0.3, -0.25) is 4.57 Å². The molecule has 2 N–H and O–H groups in total. The summed E-state index contributed by atoms with van der Waals surface area (Å²) in [6.45, 7) is 0. The van der Waals surface area contributed by atoms with E-state index in [2.05, 4.69) is 0 Å². The smallest absolute Gasteiger partial charge is 0.356 e. The standard InChI is InChI=1S/C18H21O6PS/c1-22-14-10-17(23-2)16(18(11-14)24-3)12-26-9-8-13-4-6-15(7-5-13)25(19,20)21/h4-11H,12H2,1-3H3,(H2,19,20,21). The van der Waals surface area contributed by atoms with Crippen LogP contribution in [0.15, 0.2) is 41.8 Å². The Morgan fingerprint density at radius 1 is 1.00 bits per heavy atom. The maximum atomic E-state index is 11.2. The van der Waals surface area contributed by atoms with Gasteiger partial charge in [-0.25, -0.2) is 0 Å². The second kappa shape index (κ2) is 9.14. The van der Waals surface area contributed by atoms with Gasteiger partial charge in [-0.15, -0.1) is 11.8 Å². The van der Waals surface area contributed by atoms with E-state index in [1.165, 1.54) is 12.1 Å². The second-order valence-electron chi connectivity index (χ2n) is 5.26. The molecule has 0 aliphatic heterocycles. The van der Waals surface area contributed by atoms with E-state index in [1.54, 1.807) is 45.2 Å². The zero-order valence-electron chi connectivity index (χ0n) is 14.7. The largest absolute Gasteiger partial charge is 0.496 e. The van der Waals surface area contributed by atoms with Crippen molar-refractivity contribution in [3.8, 4) is 17.2 Å². The van der Waals surface area contributed by atoms with Gasteiger partial charge in [0.15, 0.2) is 0 Å². The van der Waals surface area contributed by atoms with E-state index in [9.17, 15) is 4.57 Å². The number of thioether (sulfide) groups is 1. The van der Waals surface area contributed by atoms with Crippen molar-refractivity contribution < 1.29 is 28.6 Å². The molecule has 0 heterocycles. The van der Waals surface area contributed by atoms with Gasteiger partial charge in [0, 0.05) is 23.4 Å². The molecule has 8 heteroatoms. The molecule has 26 heavy (non-hydrogen) atoms. The van der Waals surface area contributed by atoms with Crippen LogP contribution in [0.1, 0.15) is 11.1 Å². The number of methoxy groups -OCH3 is 3. The Hall–Kier alpha value is -1.92. The van der Waals surface area contributed by atoms with Crippen molar-refractivity contribution in [2.45, 2.75) is 5.75 Å². The van der Waals surface area contributed by atoms with Crippen LogP contribution < -0.4 is 19.5 Å². The van der Waals surface area contributed by atoms with Crippen LogP contribution in [0.25, 0.3) is 6.08 Å². The summed E-state index contributed by atoms with van der Waals surface area (Å²) >= 11 is 1.55. The van der Waals surface area contributed by atoms with E-state index in [-0.39, 0.29) is 5.30 Å². The molecule has 0 fully saturated rings. The van der Waals surface area contributed by atoms with Crippen molar-refractivity contribution >= 4 is 30.7 Å². The highest BCUT2D eigenvalue weighted by molar-refractivity contribution is 8.01. The Balaban J connectivity index is 2.07. The topological polar surface area (TPSA) is 85.2 Å². The summed E-state index contributed by atoms with van der Waals surface area (Å²) in [5, 5.41) is 1.92. The van der Waals surface area contributed by atoms with Crippen molar-refractivity contribution in [3.05, 3.63) is 52.9 Å². The van der Waals surface area contributed by atoms with Gasteiger partial charge in [0.25, 0.3) is 0 Å². The third-order valence-electron chi connectivity index (χ3n) is 3.63. The van der Waals surface area contributed by atoms with Crippen LogP contribution in [0.3, 0.4) is 0 Å². The minimum absolute atomic E-state index is 0.00927. The molecule has 6 nitrogen and oxygen atoms in total. The minimum Gasteiger partial charge on any atom is -0.496 e. The molecule has 0 saturated carbocycles. The van der Waals surface area contributed by atoms with E-state index >= 15 is 0 Å². The summed E-state index contributed by atoms with van der Waals surface area (Å²) in [7, 11) is 0.580. The minimum atomic E-state index is -4.20. The van der Waals surface area contributed by atoms with Crippen molar-refractivity contribution in [2.24, 2.45) is 0 Å². The molecule has 0 bridgehead atoms. The fraction of sp³-hybridized carbons (Fsp3) is 0.222. The molecule has 0 aliphatic carbocycles. The van der Waals surface area contributed by atoms with Crippen LogP contribution in [-0.2, 0) is 10.3 Å². The first-order valence-electron chi connectivity index (χ1n) is 7.62. The highest BCUT2D eigenvalue weighted by Gasteiger charge is 2.15. The molecule has 2 aromatic rings. The molecule has 0 saturated heterocycles. The molecular formula is C18H21O6PS. The Labute approximate surface area is 157 Å². The van der Waals surface area contributed by atoms with Gasteiger partial charge in [-0.1, -0.05) is 12.1 Å². The van der Waals surface area contributed by atoms with Gasteiger partial charge in [-0.2, -0.15) is 0 Å². The first kappa shape index (κ1) is 20.4. The maximum Gasteiger partial charge on any atom is 0.356 e. The fourth-order valence-electron chi connectivity index (χ4n) is 2.26. The van der Waals surface area contributed by atoms with Crippen LogP contribution >= 0.6 is 19.4 Å². The van der Waals surface area contributed by atoms with E-state index < -0.39 is 7.60 Å². The van der Waals surface area contributed by atoms with E-state index in [1.807, 2.05) is 23.6 Å². The SMILES string of the molecule is COc1cc(OC)c(CSC=Cc2ccc(P(=O)(O)O)cc2)c(OC)c1. The lowest BCUT2D eigenvalue weighted by Gasteiger charge is -2.14. The first-order valence-corrected chi connectivity index (χ1v) is 10.3. The quantitative estimate of drug-likeness (QED) is 0.662. The molecule has 0 atom stereocenters. The number of ether oxygens (including phenoxy) is 3. The summed E-state index contributed by atoms with van der Waals surface area (Å²) in [6.07, 6.45) is 1.87. The predicted octanol–water partition coefficient (Wildman–Crippen LogP) is 3.42. The van der Waals surface area contributed by atoms with Crippen LogP contribution in [0.4, 0.5) is 0 Å². The van der Waals surface area contributed by atoms with Crippen molar-refractivity contribution in [1.82, 2.24) is 0 Å². The molecule has 0 unspecified atom stereocenters. The summed E-state index contributed by atoms with van der Waals surface area (Å²) in [5.74, 6) is 2.67. The lowest BCUT2D eigenvalue weighted by atomic mass is 10.2. The van der Waals surface area contributed by atoms with Gasteiger partial charge in [0.05, 0.1) is 26.6 Å². The normalized spacial score (nSPS) is 11.6. The molecule has 140 valence electrons. The lowest BCUT2D eigenvalue weighted by Crippen LogP contribution is -2.02. The van der Waals surface area contributed by atoms with Crippen molar-refractivity contribution in [3.63, 3.8) is 0 Å². The molecule has 2 rings (SSSR count). The summed E-state index contributed by atoms with van der Waals surface area (Å²) in [4.78, 5) is 18.2. The predicted molar refractivity (Wildman–Crippen MR) is 105 cm³/mol. The Morgan fingerprint density at radius 2 is 1.58 bits per heavy atom. The number of hydrogen-bond donors (Lipinski definition) is 2. The van der Waals surface area contributed by atoms with E-state index in [0.717, 1.165) is 11.1 Å². The Kier molecular flexibility index (Phi) is 7.17. The van der Waals surface area contributed by atoms with E-state index in [0.29, 0.717) is 23.0 Å². The molecule has 0 spiro atoms. The zero-order valence-corrected chi connectivity index (χ0v) is 16.4.